The number of anilines is 1. The quantitative estimate of drug-likeness (QED) is 0.443. The van der Waals surface area contributed by atoms with Crippen LogP contribution in [0.3, 0.4) is 0 Å². The molecule has 0 unspecified atom stereocenters. The maximum atomic E-state index is 13.4. The van der Waals surface area contributed by atoms with Gasteiger partial charge in [0, 0.05) is 31.7 Å². The van der Waals surface area contributed by atoms with Crippen LogP contribution in [-0.2, 0) is 0 Å². The minimum atomic E-state index is -0.0458. The van der Waals surface area contributed by atoms with Crippen LogP contribution in [0.1, 0.15) is 31.1 Å². The van der Waals surface area contributed by atoms with Crippen molar-refractivity contribution in [1.29, 1.82) is 0 Å². The second-order valence-corrected chi connectivity index (χ2v) is 8.69. The highest BCUT2D eigenvalue weighted by Gasteiger charge is 2.26. The monoisotopic (exact) mass is 485 g/mol. The topological polar surface area (TPSA) is 73.4 Å². The molecule has 182 valence electrons. The number of aromatic nitrogens is 1. The number of nitrogens with zero attached hydrogens (tertiary/aromatic N) is 3. The van der Waals surface area contributed by atoms with Crippen LogP contribution in [-0.4, -0.2) is 68.9 Å². The Labute approximate surface area is 204 Å². The third-order valence-corrected chi connectivity index (χ3v) is 6.67. The Hall–Kier alpha value is -3.20. The average molecular weight is 486 g/mol. The van der Waals surface area contributed by atoms with E-state index in [-0.39, 0.29) is 5.91 Å². The molecule has 9 heteroatoms. The van der Waals surface area contributed by atoms with Crippen LogP contribution in [0, 0.1) is 0 Å². The Kier molecular flexibility index (Phi) is 7.62. The van der Waals surface area contributed by atoms with Crippen molar-refractivity contribution >= 4 is 32.6 Å². The number of piperazine rings is 1. The molecule has 0 aliphatic carbocycles. The van der Waals surface area contributed by atoms with E-state index < -0.39 is 0 Å². The number of carbonyl (C=O) groups excluding carboxylic acids is 1. The molecule has 3 aromatic rings. The molecule has 0 spiro atoms. The van der Waals surface area contributed by atoms with E-state index in [0.29, 0.717) is 68.8 Å². The van der Waals surface area contributed by atoms with E-state index in [4.69, 9.17) is 23.9 Å². The molecule has 2 aromatic carbocycles. The summed E-state index contributed by atoms with van der Waals surface area (Å²) in [7, 11) is 1.66. The molecule has 34 heavy (non-hydrogen) atoms. The van der Waals surface area contributed by atoms with E-state index in [9.17, 15) is 4.79 Å². The van der Waals surface area contributed by atoms with Crippen molar-refractivity contribution in [3.8, 4) is 23.0 Å². The number of methoxy groups -OCH3 is 1. The molecule has 1 aliphatic rings. The van der Waals surface area contributed by atoms with Gasteiger partial charge in [0.05, 0.1) is 31.6 Å². The fraction of sp³-hybridized carbons (Fsp3) is 0.440. The minimum Gasteiger partial charge on any atom is -0.494 e. The third kappa shape index (κ3) is 4.84. The van der Waals surface area contributed by atoms with Gasteiger partial charge in [-0.15, -0.1) is 0 Å². The number of para-hydroxylation sites is 1. The summed E-state index contributed by atoms with van der Waals surface area (Å²) in [5.74, 6) is 2.33. The highest BCUT2D eigenvalue weighted by Crippen LogP contribution is 2.40. The van der Waals surface area contributed by atoms with Crippen molar-refractivity contribution in [3.63, 3.8) is 0 Å². The number of thiazole rings is 1. The zero-order valence-electron chi connectivity index (χ0n) is 20.1. The molecule has 1 aliphatic heterocycles. The van der Waals surface area contributed by atoms with Crippen molar-refractivity contribution < 1.29 is 23.7 Å². The number of carbonyl (C=O) groups is 1. The van der Waals surface area contributed by atoms with E-state index >= 15 is 0 Å². The van der Waals surface area contributed by atoms with Gasteiger partial charge in [0.15, 0.2) is 16.6 Å². The number of benzene rings is 2. The zero-order chi connectivity index (χ0) is 24.1. The summed E-state index contributed by atoms with van der Waals surface area (Å²) < 4.78 is 23.9. The lowest BCUT2D eigenvalue weighted by atomic mass is 10.1. The number of rotatable bonds is 9. The highest BCUT2D eigenvalue weighted by atomic mass is 32.1. The first kappa shape index (κ1) is 23.9. The van der Waals surface area contributed by atoms with Crippen LogP contribution < -0.4 is 23.8 Å². The number of ether oxygens (including phenoxy) is 4. The van der Waals surface area contributed by atoms with Crippen molar-refractivity contribution in [2.45, 2.75) is 20.8 Å². The number of fused-ring (bicyclic) bond motifs is 1. The molecule has 0 saturated carbocycles. The molecule has 4 rings (SSSR count). The van der Waals surface area contributed by atoms with Crippen LogP contribution in [0.25, 0.3) is 10.2 Å². The minimum absolute atomic E-state index is 0.0458. The third-order valence-electron chi connectivity index (χ3n) is 5.58. The zero-order valence-corrected chi connectivity index (χ0v) is 20.9. The fourth-order valence-corrected chi connectivity index (χ4v) is 5.04. The predicted octanol–water partition coefficient (Wildman–Crippen LogP) is 4.46. The van der Waals surface area contributed by atoms with Gasteiger partial charge in [-0.2, -0.15) is 0 Å². The second-order valence-electron chi connectivity index (χ2n) is 7.68. The summed E-state index contributed by atoms with van der Waals surface area (Å²) in [5.41, 5.74) is 1.42. The molecule has 0 radical (unpaired) electrons. The Morgan fingerprint density at radius 3 is 2.18 bits per heavy atom. The van der Waals surface area contributed by atoms with E-state index in [1.807, 2.05) is 37.8 Å². The summed E-state index contributed by atoms with van der Waals surface area (Å²) >= 11 is 1.64. The molecule has 0 N–H and O–H groups in total. The predicted molar refractivity (Wildman–Crippen MR) is 134 cm³/mol. The van der Waals surface area contributed by atoms with Gasteiger partial charge in [-0.25, -0.2) is 4.98 Å². The lowest BCUT2D eigenvalue weighted by Gasteiger charge is -2.34. The van der Waals surface area contributed by atoms with Crippen LogP contribution in [0.15, 0.2) is 30.3 Å². The van der Waals surface area contributed by atoms with Crippen LogP contribution >= 0.6 is 11.3 Å². The Morgan fingerprint density at radius 1 is 0.941 bits per heavy atom. The summed E-state index contributed by atoms with van der Waals surface area (Å²) in [6, 6.07) is 9.46. The largest absolute Gasteiger partial charge is 0.494 e. The molecule has 0 atom stereocenters. The first-order valence-electron chi connectivity index (χ1n) is 11.6. The van der Waals surface area contributed by atoms with E-state index in [1.54, 1.807) is 30.6 Å². The Morgan fingerprint density at radius 2 is 1.59 bits per heavy atom. The van der Waals surface area contributed by atoms with Crippen molar-refractivity contribution in [2.24, 2.45) is 0 Å². The van der Waals surface area contributed by atoms with Gasteiger partial charge in [0.2, 0.25) is 5.75 Å². The van der Waals surface area contributed by atoms with E-state index in [2.05, 4.69) is 11.0 Å². The molecule has 8 nitrogen and oxygen atoms in total. The number of amides is 1. The lowest BCUT2D eigenvalue weighted by molar-refractivity contribution is 0.0745. The molecule has 1 aromatic heterocycles. The SMILES string of the molecule is CCOc1cc(C(=O)N2CCN(c3nc4c(OC)cccc4s3)CC2)cc(OCC)c1OCC. The second kappa shape index (κ2) is 10.8. The Balaban J connectivity index is 1.51. The molecule has 2 heterocycles. The van der Waals surface area contributed by atoms with Gasteiger partial charge in [-0.05, 0) is 45.0 Å². The van der Waals surface area contributed by atoms with Gasteiger partial charge < -0.3 is 28.7 Å². The molecule has 1 saturated heterocycles. The van der Waals surface area contributed by atoms with E-state index in [1.165, 1.54) is 0 Å². The summed E-state index contributed by atoms with van der Waals surface area (Å²) in [6.45, 7) is 9.76. The van der Waals surface area contributed by atoms with Gasteiger partial charge in [-0.3, -0.25) is 4.79 Å². The van der Waals surface area contributed by atoms with Gasteiger partial charge in [-0.1, -0.05) is 17.4 Å². The molecular weight excluding hydrogens is 454 g/mol. The summed E-state index contributed by atoms with van der Waals surface area (Å²) in [4.78, 5) is 22.3. The maximum Gasteiger partial charge on any atom is 0.254 e. The highest BCUT2D eigenvalue weighted by molar-refractivity contribution is 7.22. The molecular formula is C25H31N3O5S. The molecule has 1 amide bonds. The first-order chi connectivity index (χ1) is 16.6. The average Bonchev–Trinajstić information content (AvgIpc) is 3.30. The molecule has 0 bridgehead atoms. The van der Waals surface area contributed by atoms with Crippen LogP contribution in [0.4, 0.5) is 5.13 Å². The maximum absolute atomic E-state index is 13.4. The van der Waals surface area contributed by atoms with Crippen LogP contribution in [0.5, 0.6) is 23.0 Å². The normalized spacial score (nSPS) is 13.8. The van der Waals surface area contributed by atoms with Gasteiger partial charge in [0.1, 0.15) is 11.3 Å². The first-order valence-corrected chi connectivity index (χ1v) is 12.4. The van der Waals surface area contributed by atoms with Crippen molar-refractivity contribution in [3.05, 3.63) is 35.9 Å². The number of hydrogen-bond acceptors (Lipinski definition) is 8. The van der Waals surface area contributed by atoms with Crippen LogP contribution in [0.2, 0.25) is 0 Å². The summed E-state index contributed by atoms with van der Waals surface area (Å²) in [5, 5.41) is 0.949. The number of hydrogen-bond donors (Lipinski definition) is 0. The van der Waals surface area contributed by atoms with E-state index in [0.717, 1.165) is 21.1 Å². The molecule has 1 fully saturated rings. The Bertz CT molecular complexity index is 1110. The van der Waals surface area contributed by atoms with Crippen molar-refractivity contribution in [1.82, 2.24) is 9.88 Å². The fourth-order valence-electron chi connectivity index (χ4n) is 4.01. The van der Waals surface area contributed by atoms with Crippen molar-refractivity contribution in [2.75, 3.05) is 58.0 Å². The van der Waals surface area contributed by atoms with Gasteiger partial charge in [0.25, 0.3) is 5.91 Å². The van der Waals surface area contributed by atoms with Gasteiger partial charge >= 0.3 is 0 Å². The smallest absolute Gasteiger partial charge is 0.254 e. The standard InChI is InChI=1S/C25H31N3O5S/c1-5-31-19-15-17(16-20(32-6-2)23(19)33-7-3)24(29)27-11-13-28(14-12-27)25-26-22-18(30-4)9-8-10-21(22)34-25/h8-10,15-16H,5-7,11-14H2,1-4H3. The summed E-state index contributed by atoms with van der Waals surface area (Å²) in [6.07, 6.45) is 0. The lowest BCUT2D eigenvalue weighted by Crippen LogP contribution is -2.48.